The summed E-state index contributed by atoms with van der Waals surface area (Å²) in [6.45, 7) is 0. The van der Waals surface area contributed by atoms with Crippen LogP contribution in [0.25, 0.3) is 0 Å². The van der Waals surface area contributed by atoms with Crippen LogP contribution in [0.5, 0.6) is 0 Å². The molecule has 7 nitrogen and oxygen atoms in total. The SMILES string of the molecule is CN(c1ccccc1)S(=O)(=O)c1ccc(NC(=O)[C@@H]2CCCC[C@@H]2C(=O)O)cc1. The first kappa shape index (κ1) is 20.9. The molecule has 29 heavy (non-hydrogen) atoms. The standard InChI is InChI=1S/C21H24N2O5S/c1-23(16-7-3-2-4-8-16)29(27,28)17-13-11-15(12-14-17)22-20(24)18-9-5-6-10-19(18)21(25)26/h2-4,7-8,11-14,18-19H,5-6,9-10H2,1H3,(H,22,24)(H,25,26)/t18-,19+/m1/s1. The van der Waals surface area contributed by atoms with Crippen LogP contribution in [0.3, 0.4) is 0 Å². The van der Waals surface area contributed by atoms with E-state index in [1.54, 1.807) is 24.3 Å². The summed E-state index contributed by atoms with van der Waals surface area (Å²) >= 11 is 0. The fraction of sp³-hybridized carbons (Fsp3) is 0.333. The van der Waals surface area contributed by atoms with Crippen LogP contribution in [0.4, 0.5) is 11.4 Å². The first-order valence-electron chi connectivity index (χ1n) is 9.48. The minimum atomic E-state index is -3.73. The van der Waals surface area contributed by atoms with Gasteiger partial charge in [-0.05, 0) is 49.2 Å². The van der Waals surface area contributed by atoms with Crippen LogP contribution in [0.15, 0.2) is 59.5 Å². The topological polar surface area (TPSA) is 104 Å². The van der Waals surface area contributed by atoms with E-state index in [9.17, 15) is 23.1 Å². The van der Waals surface area contributed by atoms with Crippen LogP contribution in [0.2, 0.25) is 0 Å². The highest BCUT2D eigenvalue weighted by Crippen LogP contribution is 2.31. The van der Waals surface area contributed by atoms with Crippen molar-refractivity contribution < 1.29 is 23.1 Å². The largest absolute Gasteiger partial charge is 0.481 e. The van der Waals surface area contributed by atoms with Gasteiger partial charge in [0.25, 0.3) is 10.0 Å². The Hall–Kier alpha value is -2.87. The number of amides is 1. The van der Waals surface area contributed by atoms with Crippen LogP contribution in [0, 0.1) is 11.8 Å². The molecule has 3 rings (SSSR count). The second-order valence-corrected chi connectivity index (χ2v) is 9.13. The van der Waals surface area contributed by atoms with Gasteiger partial charge in [-0.15, -0.1) is 0 Å². The van der Waals surface area contributed by atoms with Crippen molar-refractivity contribution in [2.75, 3.05) is 16.7 Å². The zero-order valence-electron chi connectivity index (χ0n) is 16.1. The lowest BCUT2D eigenvalue weighted by Gasteiger charge is -2.27. The molecule has 1 aliphatic rings. The highest BCUT2D eigenvalue weighted by Gasteiger charge is 2.35. The van der Waals surface area contributed by atoms with E-state index >= 15 is 0 Å². The van der Waals surface area contributed by atoms with E-state index in [0.29, 0.717) is 24.2 Å². The van der Waals surface area contributed by atoms with E-state index < -0.39 is 27.8 Å². The lowest BCUT2D eigenvalue weighted by atomic mass is 9.78. The predicted octanol–water partition coefficient (Wildman–Crippen LogP) is 3.34. The molecule has 1 amide bonds. The Kier molecular flexibility index (Phi) is 6.22. The van der Waals surface area contributed by atoms with Gasteiger partial charge in [-0.1, -0.05) is 31.0 Å². The predicted molar refractivity (Wildman–Crippen MR) is 110 cm³/mol. The Bertz CT molecular complexity index is 974. The first-order chi connectivity index (χ1) is 13.8. The molecule has 0 heterocycles. The number of nitrogens with zero attached hydrogens (tertiary/aromatic N) is 1. The number of carbonyl (C=O) groups excluding carboxylic acids is 1. The molecule has 0 spiro atoms. The normalized spacial score (nSPS) is 19.3. The lowest BCUT2D eigenvalue weighted by molar-refractivity contribution is -0.147. The van der Waals surface area contributed by atoms with E-state index in [2.05, 4.69) is 5.32 Å². The number of nitrogens with one attached hydrogen (secondary N) is 1. The van der Waals surface area contributed by atoms with Crippen molar-refractivity contribution in [1.82, 2.24) is 0 Å². The number of carboxylic acids is 1. The zero-order chi connectivity index (χ0) is 21.0. The van der Waals surface area contributed by atoms with Crippen molar-refractivity contribution in [2.45, 2.75) is 30.6 Å². The third-order valence-corrected chi connectivity index (χ3v) is 7.12. The van der Waals surface area contributed by atoms with Gasteiger partial charge in [0.05, 0.1) is 22.4 Å². The molecule has 0 bridgehead atoms. The van der Waals surface area contributed by atoms with E-state index in [1.165, 1.54) is 35.6 Å². The fourth-order valence-electron chi connectivity index (χ4n) is 3.62. The van der Waals surface area contributed by atoms with Crippen molar-refractivity contribution in [2.24, 2.45) is 11.8 Å². The minimum Gasteiger partial charge on any atom is -0.481 e. The summed E-state index contributed by atoms with van der Waals surface area (Å²) in [5.41, 5.74) is 0.980. The quantitative estimate of drug-likeness (QED) is 0.752. The second kappa shape index (κ2) is 8.65. The van der Waals surface area contributed by atoms with E-state index in [0.717, 1.165) is 12.8 Å². The molecule has 0 radical (unpaired) electrons. The Labute approximate surface area is 170 Å². The van der Waals surface area contributed by atoms with Crippen molar-refractivity contribution >= 4 is 33.3 Å². The van der Waals surface area contributed by atoms with Crippen molar-refractivity contribution in [3.05, 3.63) is 54.6 Å². The molecule has 154 valence electrons. The molecule has 2 aromatic carbocycles. The molecule has 0 aromatic heterocycles. The number of hydrogen-bond acceptors (Lipinski definition) is 4. The Morgan fingerprint density at radius 2 is 1.55 bits per heavy atom. The van der Waals surface area contributed by atoms with Gasteiger partial charge < -0.3 is 10.4 Å². The van der Waals surface area contributed by atoms with Crippen LogP contribution in [-0.2, 0) is 19.6 Å². The van der Waals surface area contributed by atoms with Crippen LogP contribution < -0.4 is 9.62 Å². The maximum Gasteiger partial charge on any atom is 0.307 e. The monoisotopic (exact) mass is 416 g/mol. The summed E-state index contributed by atoms with van der Waals surface area (Å²) in [4.78, 5) is 24.1. The average molecular weight is 416 g/mol. The summed E-state index contributed by atoms with van der Waals surface area (Å²) in [7, 11) is -2.25. The third kappa shape index (κ3) is 4.59. The molecule has 2 N–H and O–H groups in total. The Morgan fingerprint density at radius 1 is 0.966 bits per heavy atom. The molecular weight excluding hydrogens is 392 g/mol. The Morgan fingerprint density at radius 3 is 2.14 bits per heavy atom. The van der Waals surface area contributed by atoms with Gasteiger partial charge in [0.1, 0.15) is 0 Å². The summed E-state index contributed by atoms with van der Waals surface area (Å²) in [5.74, 6) is -2.54. The van der Waals surface area contributed by atoms with Gasteiger partial charge in [-0.3, -0.25) is 13.9 Å². The van der Waals surface area contributed by atoms with Gasteiger partial charge in [-0.25, -0.2) is 8.42 Å². The van der Waals surface area contributed by atoms with Gasteiger partial charge in [0.2, 0.25) is 5.91 Å². The molecule has 2 aromatic rings. The lowest BCUT2D eigenvalue weighted by Crippen LogP contribution is -2.36. The highest BCUT2D eigenvalue weighted by atomic mass is 32.2. The number of benzene rings is 2. The van der Waals surface area contributed by atoms with Gasteiger partial charge in [0.15, 0.2) is 0 Å². The molecule has 2 atom stereocenters. The summed E-state index contributed by atoms with van der Waals surface area (Å²) < 4.78 is 26.8. The molecule has 1 saturated carbocycles. The Balaban J connectivity index is 1.73. The summed E-state index contributed by atoms with van der Waals surface area (Å²) in [6, 6.07) is 14.6. The van der Waals surface area contributed by atoms with Crippen molar-refractivity contribution in [3.63, 3.8) is 0 Å². The highest BCUT2D eigenvalue weighted by molar-refractivity contribution is 7.92. The van der Waals surface area contributed by atoms with Crippen molar-refractivity contribution in [1.29, 1.82) is 0 Å². The number of aliphatic carboxylic acids is 1. The molecule has 0 aliphatic heterocycles. The molecule has 8 heteroatoms. The molecule has 1 fully saturated rings. The van der Waals surface area contributed by atoms with E-state index in [4.69, 9.17) is 0 Å². The average Bonchev–Trinajstić information content (AvgIpc) is 2.74. The minimum absolute atomic E-state index is 0.0999. The van der Waals surface area contributed by atoms with Crippen LogP contribution in [-0.4, -0.2) is 32.4 Å². The third-order valence-electron chi connectivity index (χ3n) is 5.32. The number of carbonyl (C=O) groups is 2. The maximum atomic E-state index is 12.8. The molecule has 0 unspecified atom stereocenters. The fourth-order valence-corrected chi connectivity index (χ4v) is 4.82. The number of sulfonamides is 1. The first-order valence-corrected chi connectivity index (χ1v) is 10.9. The van der Waals surface area contributed by atoms with E-state index in [1.807, 2.05) is 6.07 Å². The van der Waals surface area contributed by atoms with E-state index in [-0.39, 0.29) is 10.8 Å². The number of carboxylic acid groups (broad SMARTS) is 1. The van der Waals surface area contributed by atoms with Gasteiger partial charge >= 0.3 is 5.97 Å². The summed E-state index contributed by atoms with van der Waals surface area (Å²) in [6.07, 6.45) is 2.67. The number of hydrogen-bond donors (Lipinski definition) is 2. The summed E-state index contributed by atoms with van der Waals surface area (Å²) in [5, 5.41) is 12.1. The molecular formula is C21H24N2O5S. The molecule has 0 saturated heterocycles. The number of rotatable bonds is 6. The second-order valence-electron chi connectivity index (χ2n) is 7.16. The van der Waals surface area contributed by atoms with Crippen LogP contribution >= 0.6 is 0 Å². The number of para-hydroxylation sites is 1. The smallest absolute Gasteiger partial charge is 0.307 e. The maximum absolute atomic E-state index is 12.8. The van der Waals surface area contributed by atoms with Crippen LogP contribution in [0.1, 0.15) is 25.7 Å². The van der Waals surface area contributed by atoms with Gasteiger partial charge in [-0.2, -0.15) is 0 Å². The zero-order valence-corrected chi connectivity index (χ0v) is 16.9. The van der Waals surface area contributed by atoms with Crippen molar-refractivity contribution in [3.8, 4) is 0 Å². The molecule has 1 aliphatic carbocycles. The van der Waals surface area contributed by atoms with Gasteiger partial charge in [0, 0.05) is 12.7 Å². The number of anilines is 2.